The molecule has 2 aromatic carbocycles. The number of hydrogen-bond donors (Lipinski definition) is 5. The highest BCUT2D eigenvalue weighted by atomic mass is 16.5. The molecule has 4 heterocycles. The van der Waals surface area contributed by atoms with Crippen LogP contribution in [0.3, 0.4) is 0 Å². The Hall–Kier alpha value is -6.06. The number of methoxy groups -OCH3 is 2. The quantitative estimate of drug-likeness (QED) is 0.0715. The number of ether oxygens (including phenoxy) is 2. The number of fused-ring (bicyclic) bond motifs is 2. The molecule has 1 fully saturated rings. The number of unbranched alkanes of at least 4 members (excludes halogenated alkanes) is 1. The number of carbonyl (C=O) groups is 4. The molecule has 1 aliphatic heterocycles. The number of nitrogens with zero attached hydrogens (tertiary/aromatic N) is 5. The molecule has 0 spiro atoms. The van der Waals surface area contributed by atoms with Crippen LogP contribution in [0.25, 0.3) is 44.6 Å². The maximum atomic E-state index is 13.6. The van der Waals surface area contributed by atoms with Crippen molar-refractivity contribution in [2.24, 2.45) is 11.8 Å². The predicted octanol–water partition coefficient (Wildman–Crippen LogP) is 5.43. The molecule has 0 saturated carbocycles. The predicted molar refractivity (Wildman–Crippen MR) is 210 cm³/mol. The number of amides is 4. The highest BCUT2D eigenvalue weighted by Crippen LogP contribution is 2.33. The SMILES string of the molecule is COC(=O)NC(C(=O)NCCCCc1ncc(-c2ccc3nc4cc(-c5cnc(C6CCCN6C(=O)C(NC(=O)OC)C(C)C)[nH]5)ccc4nc3c2)[nH]1)C(C)C. The van der Waals surface area contributed by atoms with E-state index in [-0.39, 0.29) is 29.7 Å². The van der Waals surface area contributed by atoms with Gasteiger partial charge in [0.05, 0.1) is 66.1 Å². The van der Waals surface area contributed by atoms with Crippen molar-refractivity contribution in [3.63, 3.8) is 0 Å². The van der Waals surface area contributed by atoms with Gasteiger partial charge in [-0.2, -0.15) is 0 Å². The van der Waals surface area contributed by atoms with E-state index in [0.29, 0.717) is 25.3 Å². The number of aromatic amines is 2. The van der Waals surface area contributed by atoms with E-state index in [1.165, 1.54) is 14.2 Å². The molecule has 0 bridgehead atoms. The lowest BCUT2D eigenvalue weighted by atomic mass is 10.0. The molecule has 1 aliphatic rings. The summed E-state index contributed by atoms with van der Waals surface area (Å²) in [6.45, 7) is 8.58. The van der Waals surface area contributed by atoms with Crippen LogP contribution in [0.4, 0.5) is 9.59 Å². The summed E-state index contributed by atoms with van der Waals surface area (Å²) in [6.07, 6.45) is 6.20. The van der Waals surface area contributed by atoms with E-state index in [4.69, 9.17) is 14.7 Å². The van der Waals surface area contributed by atoms with Gasteiger partial charge in [0.2, 0.25) is 11.8 Å². The van der Waals surface area contributed by atoms with Crippen molar-refractivity contribution in [1.82, 2.24) is 50.8 Å². The molecule has 3 unspecified atom stereocenters. The Bertz CT molecular complexity index is 2200. The van der Waals surface area contributed by atoms with Crippen LogP contribution in [-0.2, 0) is 25.5 Å². The van der Waals surface area contributed by atoms with E-state index in [0.717, 1.165) is 76.1 Å². The molecule has 5 N–H and O–H groups in total. The maximum Gasteiger partial charge on any atom is 0.407 e. The minimum Gasteiger partial charge on any atom is -0.453 e. The molecule has 6 rings (SSSR count). The number of H-pyrrole nitrogens is 2. The third kappa shape index (κ3) is 9.07. The van der Waals surface area contributed by atoms with Crippen molar-refractivity contribution >= 4 is 46.1 Å². The fourth-order valence-electron chi connectivity index (χ4n) is 6.95. The molecule has 3 atom stereocenters. The van der Waals surface area contributed by atoms with Crippen molar-refractivity contribution in [3.05, 3.63) is 60.4 Å². The second-order valence-corrected chi connectivity index (χ2v) is 14.7. The Kier molecular flexibility index (Phi) is 12.5. The maximum absolute atomic E-state index is 13.6. The third-order valence-corrected chi connectivity index (χ3v) is 10.1. The minimum atomic E-state index is -0.701. The summed E-state index contributed by atoms with van der Waals surface area (Å²) in [4.78, 5) is 77.4. The first kappa shape index (κ1) is 39.6. The van der Waals surface area contributed by atoms with Gasteiger partial charge in [-0.15, -0.1) is 0 Å². The summed E-state index contributed by atoms with van der Waals surface area (Å²) in [7, 11) is 2.55. The van der Waals surface area contributed by atoms with Gasteiger partial charge in [-0.25, -0.2) is 29.5 Å². The number of hydrogen-bond acceptors (Lipinski definition) is 10. The standard InChI is InChI=1S/C40H50N10O6/c1-22(2)34(48-39(53)55-5)37(51)41-16-8-7-11-33-42-20-30(46-33)24-12-14-26-28(18-24)44-27-15-13-25(19-29(27)45-26)31-21-43-36(47-31)32-10-9-17-50(32)38(52)35(23(3)4)49-40(54)56-6/h12-15,18-23,32,34-35H,7-11,16-17H2,1-6H3,(H,41,51)(H,42,46)(H,43,47)(H,48,53)(H,49,54). The Morgan fingerprint density at radius 3 is 1.98 bits per heavy atom. The number of carbonyl (C=O) groups excluding carboxylic acids is 4. The number of likely N-dealkylation sites (tertiary alicyclic amines) is 1. The lowest BCUT2D eigenvalue weighted by Crippen LogP contribution is -2.51. The van der Waals surface area contributed by atoms with Gasteiger partial charge in [-0.1, -0.05) is 39.8 Å². The Morgan fingerprint density at radius 2 is 1.38 bits per heavy atom. The number of imidazole rings is 2. The first-order valence-corrected chi connectivity index (χ1v) is 19.0. The van der Waals surface area contributed by atoms with Crippen molar-refractivity contribution in [3.8, 4) is 22.5 Å². The van der Waals surface area contributed by atoms with Gasteiger partial charge in [0.25, 0.3) is 0 Å². The van der Waals surface area contributed by atoms with Gasteiger partial charge < -0.3 is 40.3 Å². The zero-order valence-electron chi connectivity index (χ0n) is 32.6. The molecule has 0 radical (unpaired) electrons. The average Bonchev–Trinajstić information content (AvgIpc) is 3.99. The molecule has 1 saturated heterocycles. The topological polar surface area (TPSA) is 209 Å². The van der Waals surface area contributed by atoms with E-state index in [1.54, 1.807) is 11.1 Å². The average molecular weight is 767 g/mol. The zero-order chi connectivity index (χ0) is 39.9. The van der Waals surface area contributed by atoms with Gasteiger partial charge >= 0.3 is 12.2 Å². The molecule has 16 nitrogen and oxygen atoms in total. The summed E-state index contributed by atoms with van der Waals surface area (Å²) in [5.41, 5.74) is 6.52. The lowest BCUT2D eigenvalue weighted by molar-refractivity contribution is -0.135. The van der Waals surface area contributed by atoms with E-state index < -0.39 is 24.3 Å². The van der Waals surface area contributed by atoms with Gasteiger partial charge in [0, 0.05) is 30.6 Å². The van der Waals surface area contributed by atoms with Crippen LogP contribution in [0.1, 0.15) is 71.1 Å². The Labute approximate surface area is 325 Å². The van der Waals surface area contributed by atoms with Gasteiger partial charge in [-0.05, 0) is 61.8 Å². The first-order chi connectivity index (χ1) is 26.9. The van der Waals surface area contributed by atoms with Crippen LogP contribution in [0.15, 0.2) is 48.8 Å². The smallest absolute Gasteiger partial charge is 0.407 e. The molecule has 5 aromatic rings. The van der Waals surface area contributed by atoms with Crippen LogP contribution in [0.5, 0.6) is 0 Å². The largest absolute Gasteiger partial charge is 0.453 e. The van der Waals surface area contributed by atoms with Crippen LogP contribution < -0.4 is 16.0 Å². The van der Waals surface area contributed by atoms with Crippen molar-refractivity contribution in [1.29, 1.82) is 0 Å². The normalized spacial score (nSPS) is 15.3. The summed E-state index contributed by atoms with van der Waals surface area (Å²) in [6, 6.07) is 10.2. The molecule has 3 aromatic heterocycles. The van der Waals surface area contributed by atoms with E-state index in [1.807, 2.05) is 70.3 Å². The molecular weight excluding hydrogens is 717 g/mol. The highest BCUT2D eigenvalue weighted by molar-refractivity contribution is 5.91. The summed E-state index contributed by atoms with van der Waals surface area (Å²) in [5.74, 6) is 0.958. The number of rotatable bonds is 14. The number of benzene rings is 2. The van der Waals surface area contributed by atoms with Crippen molar-refractivity contribution < 1.29 is 28.7 Å². The number of aryl methyl sites for hydroxylation is 1. The van der Waals surface area contributed by atoms with Crippen molar-refractivity contribution in [2.75, 3.05) is 27.3 Å². The van der Waals surface area contributed by atoms with Gasteiger partial charge in [0.1, 0.15) is 23.7 Å². The second kappa shape index (κ2) is 17.6. The van der Waals surface area contributed by atoms with E-state index in [2.05, 4.69) is 40.6 Å². The van der Waals surface area contributed by atoms with Crippen molar-refractivity contribution in [2.45, 2.75) is 77.9 Å². The highest BCUT2D eigenvalue weighted by Gasteiger charge is 2.37. The molecular formula is C40H50N10O6. The molecule has 296 valence electrons. The molecule has 4 amide bonds. The second-order valence-electron chi connectivity index (χ2n) is 14.7. The minimum absolute atomic E-state index is 0.0788. The van der Waals surface area contributed by atoms with Crippen LogP contribution in [0, 0.1) is 11.8 Å². The molecule has 16 heteroatoms. The zero-order valence-corrected chi connectivity index (χ0v) is 32.6. The monoisotopic (exact) mass is 766 g/mol. The summed E-state index contributed by atoms with van der Waals surface area (Å²) in [5, 5.41) is 8.17. The number of alkyl carbamates (subject to hydrolysis) is 2. The van der Waals surface area contributed by atoms with Crippen LogP contribution in [0.2, 0.25) is 0 Å². The molecule has 56 heavy (non-hydrogen) atoms. The number of nitrogens with one attached hydrogen (secondary N) is 5. The fourth-order valence-corrected chi connectivity index (χ4v) is 6.95. The Balaban J connectivity index is 1.08. The Morgan fingerprint density at radius 1 is 0.786 bits per heavy atom. The lowest BCUT2D eigenvalue weighted by Gasteiger charge is -2.30. The van der Waals surface area contributed by atoms with Gasteiger partial charge in [0.15, 0.2) is 0 Å². The summed E-state index contributed by atoms with van der Waals surface area (Å²) < 4.78 is 9.39. The number of aromatic nitrogens is 6. The van der Waals surface area contributed by atoms with Crippen LogP contribution in [-0.4, -0.2) is 98.2 Å². The van der Waals surface area contributed by atoms with Gasteiger partial charge in [-0.3, -0.25) is 9.59 Å². The van der Waals surface area contributed by atoms with Crippen LogP contribution >= 0.6 is 0 Å². The first-order valence-electron chi connectivity index (χ1n) is 19.0. The van der Waals surface area contributed by atoms with E-state index in [9.17, 15) is 19.2 Å². The molecule has 0 aliphatic carbocycles. The fraction of sp³-hybridized carbons (Fsp3) is 0.450. The third-order valence-electron chi connectivity index (χ3n) is 10.1. The summed E-state index contributed by atoms with van der Waals surface area (Å²) >= 11 is 0. The van der Waals surface area contributed by atoms with E-state index >= 15 is 0 Å².